The van der Waals surface area contributed by atoms with E-state index < -0.39 is 0 Å². The van der Waals surface area contributed by atoms with E-state index in [1.165, 1.54) is 11.3 Å². The van der Waals surface area contributed by atoms with Crippen LogP contribution >= 0.6 is 34.9 Å². The number of nitrogens with one attached hydrogen (secondary N) is 1. The minimum atomic E-state index is -0.361. The molecule has 0 amide bonds. The molecule has 0 saturated heterocycles. The van der Waals surface area contributed by atoms with Crippen molar-refractivity contribution in [3.05, 3.63) is 35.3 Å². The second-order valence-electron chi connectivity index (χ2n) is 4.02. The molecule has 1 unspecified atom stereocenters. The fourth-order valence-corrected chi connectivity index (χ4v) is 4.54. The molecule has 0 bridgehead atoms. The smallest absolute Gasteiger partial charge is 0.246 e. The number of para-hydroxylation sites is 1. The number of nitrogens with zero attached hydrogens (tertiary/aromatic N) is 2. The van der Waals surface area contributed by atoms with Crippen LogP contribution in [-0.4, -0.2) is 25.7 Å². The molecule has 0 saturated carbocycles. The maximum Gasteiger partial charge on any atom is 0.246 e. The lowest BCUT2D eigenvalue weighted by molar-refractivity contribution is -0.105. The number of hydrogen-bond donors (Lipinski definition) is 3. The summed E-state index contributed by atoms with van der Waals surface area (Å²) in [6.45, 7) is 0. The summed E-state index contributed by atoms with van der Waals surface area (Å²) in [4.78, 5) is 17.3. The third-order valence-corrected chi connectivity index (χ3v) is 5.60. The van der Waals surface area contributed by atoms with Gasteiger partial charge in [0.2, 0.25) is 5.12 Å². The SMILES string of the molecule is Nc1nc(/C(=N/O)C(=O)SC2Nc3ccccc3S2)cs1. The molecule has 3 rings (SSSR count). The summed E-state index contributed by atoms with van der Waals surface area (Å²) < 4.78 is -0.164. The average molecular weight is 338 g/mol. The highest BCUT2D eigenvalue weighted by molar-refractivity contribution is 8.26. The van der Waals surface area contributed by atoms with Gasteiger partial charge in [0.15, 0.2) is 10.8 Å². The van der Waals surface area contributed by atoms with Crippen LogP contribution in [-0.2, 0) is 4.79 Å². The first-order valence-corrected chi connectivity index (χ1v) is 8.48. The van der Waals surface area contributed by atoms with Crippen molar-refractivity contribution in [2.24, 2.45) is 5.16 Å². The lowest BCUT2D eigenvalue weighted by Gasteiger charge is -2.08. The van der Waals surface area contributed by atoms with Crippen molar-refractivity contribution in [1.29, 1.82) is 0 Å². The van der Waals surface area contributed by atoms with Gasteiger partial charge >= 0.3 is 0 Å². The molecular formula is C12H10N4O2S3. The predicted octanol–water partition coefficient (Wildman–Crippen LogP) is 2.66. The monoisotopic (exact) mass is 338 g/mol. The van der Waals surface area contributed by atoms with Crippen LogP contribution in [0.2, 0.25) is 0 Å². The number of hydrogen-bond acceptors (Lipinski definition) is 9. The Morgan fingerprint density at radius 1 is 1.48 bits per heavy atom. The van der Waals surface area contributed by atoms with Crippen LogP contribution in [0, 0.1) is 0 Å². The van der Waals surface area contributed by atoms with E-state index >= 15 is 0 Å². The standard InChI is InChI=1S/C12H10N4O2S3/c13-11-14-7(5-19-11)9(16-18)10(17)21-12-15-6-3-1-2-4-8(6)20-12/h1-5,12,15,18H,(H2,13,14)/b16-9-. The lowest BCUT2D eigenvalue weighted by Crippen LogP contribution is -2.17. The summed E-state index contributed by atoms with van der Waals surface area (Å²) in [5, 5.41) is 16.9. The number of anilines is 2. The van der Waals surface area contributed by atoms with E-state index in [1.807, 2.05) is 24.3 Å². The molecule has 2 aromatic rings. The number of fused-ring (bicyclic) bond motifs is 1. The number of oxime groups is 1. The Kier molecular flexibility index (Phi) is 4.04. The van der Waals surface area contributed by atoms with E-state index in [-0.39, 0.29) is 21.2 Å². The van der Waals surface area contributed by atoms with Crippen LogP contribution in [0.5, 0.6) is 0 Å². The van der Waals surface area contributed by atoms with Gasteiger partial charge in [-0.25, -0.2) is 4.98 Å². The van der Waals surface area contributed by atoms with Crippen LogP contribution in [0.3, 0.4) is 0 Å². The first kappa shape index (κ1) is 14.2. The maximum atomic E-state index is 12.2. The molecule has 1 aromatic heterocycles. The van der Waals surface area contributed by atoms with E-state index in [0.717, 1.165) is 22.3 Å². The molecule has 0 fully saturated rings. The summed E-state index contributed by atoms with van der Waals surface area (Å²) in [5.74, 6) is 0. The van der Waals surface area contributed by atoms with Crippen molar-refractivity contribution < 1.29 is 10.0 Å². The molecule has 21 heavy (non-hydrogen) atoms. The van der Waals surface area contributed by atoms with E-state index in [4.69, 9.17) is 10.9 Å². The Bertz CT molecular complexity index is 691. The molecule has 1 aliphatic rings. The largest absolute Gasteiger partial charge is 0.410 e. The van der Waals surface area contributed by atoms with Crippen molar-refractivity contribution in [1.82, 2.24) is 4.98 Å². The van der Waals surface area contributed by atoms with Crippen molar-refractivity contribution in [3.63, 3.8) is 0 Å². The Morgan fingerprint density at radius 3 is 2.95 bits per heavy atom. The number of carbonyl (C=O) groups excluding carboxylic acids is 1. The number of carbonyl (C=O) groups is 1. The van der Waals surface area contributed by atoms with Crippen molar-refractivity contribution in [3.8, 4) is 0 Å². The quantitative estimate of drug-likeness (QED) is 0.449. The van der Waals surface area contributed by atoms with Crippen LogP contribution in [0.15, 0.2) is 39.7 Å². The van der Waals surface area contributed by atoms with Gasteiger partial charge < -0.3 is 16.3 Å². The minimum absolute atomic E-state index is 0.0914. The topological polar surface area (TPSA) is 101 Å². The number of rotatable bonds is 3. The fraction of sp³-hybridized carbons (Fsp3) is 0.0833. The zero-order chi connectivity index (χ0) is 14.8. The molecule has 4 N–H and O–H groups in total. The fourth-order valence-electron chi connectivity index (χ4n) is 1.76. The molecule has 0 spiro atoms. The second-order valence-corrected chi connectivity index (χ2v) is 7.43. The highest BCUT2D eigenvalue weighted by atomic mass is 32.2. The van der Waals surface area contributed by atoms with E-state index in [0.29, 0.717) is 5.13 Å². The van der Waals surface area contributed by atoms with Crippen LogP contribution in [0.4, 0.5) is 10.8 Å². The Hall–Kier alpha value is -1.71. The molecule has 9 heteroatoms. The number of aromatic nitrogens is 1. The van der Waals surface area contributed by atoms with Crippen LogP contribution < -0.4 is 11.1 Å². The molecule has 0 radical (unpaired) electrons. The molecular weight excluding hydrogens is 328 g/mol. The van der Waals surface area contributed by atoms with E-state index in [1.54, 1.807) is 17.1 Å². The molecule has 1 aromatic carbocycles. The highest BCUT2D eigenvalue weighted by Gasteiger charge is 2.27. The first-order valence-electron chi connectivity index (χ1n) is 5.84. The Morgan fingerprint density at radius 2 is 2.29 bits per heavy atom. The number of thiazole rings is 1. The van der Waals surface area contributed by atoms with Crippen molar-refractivity contribution >= 4 is 56.5 Å². The van der Waals surface area contributed by atoms with Crippen LogP contribution in [0.25, 0.3) is 0 Å². The summed E-state index contributed by atoms with van der Waals surface area (Å²) >= 11 is 3.78. The van der Waals surface area contributed by atoms with Gasteiger partial charge in [0, 0.05) is 16.0 Å². The minimum Gasteiger partial charge on any atom is -0.410 e. The van der Waals surface area contributed by atoms with Gasteiger partial charge in [0.05, 0.1) is 0 Å². The summed E-state index contributed by atoms with van der Waals surface area (Å²) in [6.07, 6.45) is 0. The highest BCUT2D eigenvalue weighted by Crippen LogP contribution is 2.43. The molecule has 1 atom stereocenters. The zero-order valence-electron chi connectivity index (χ0n) is 10.5. The third-order valence-electron chi connectivity index (χ3n) is 2.67. The number of nitrogen functional groups attached to an aromatic ring is 1. The number of benzene rings is 1. The molecule has 1 aliphatic heterocycles. The summed E-state index contributed by atoms with van der Waals surface area (Å²) in [5.41, 5.74) is 6.72. The zero-order valence-corrected chi connectivity index (χ0v) is 13.0. The third kappa shape index (κ3) is 2.99. The normalized spacial score (nSPS) is 17.3. The molecule has 0 aliphatic carbocycles. The van der Waals surface area contributed by atoms with Gasteiger partial charge in [-0.2, -0.15) is 0 Å². The van der Waals surface area contributed by atoms with E-state index in [2.05, 4.69) is 15.5 Å². The van der Waals surface area contributed by atoms with Gasteiger partial charge in [-0.05, 0) is 23.9 Å². The first-order chi connectivity index (χ1) is 10.2. The maximum absolute atomic E-state index is 12.2. The molecule has 108 valence electrons. The Balaban J connectivity index is 1.70. The van der Waals surface area contributed by atoms with Crippen LogP contribution in [0.1, 0.15) is 5.69 Å². The summed E-state index contributed by atoms with van der Waals surface area (Å²) in [6, 6.07) is 7.82. The van der Waals surface area contributed by atoms with Gasteiger partial charge in [-0.1, -0.05) is 29.1 Å². The van der Waals surface area contributed by atoms with Gasteiger partial charge in [-0.3, -0.25) is 4.79 Å². The van der Waals surface area contributed by atoms with Gasteiger partial charge in [0.25, 0.3) is 0 Å². The number of thioether (sulfide) groups is 2. The Labute approximate surface area is 132 Å². The van der Waals surface area contributed by atoms with Crippen molar-refractivity contribution in [2.45, 2.75) is 9.60 Å². The molecule has 6 nitrogen and oxygen atoms in total. The number of nitrogens with two attached hydrogens (primary N) is 1. The van der Waals surface area contributed by atoms with E-state index in [9.17, 15) is 4.79 Å². The summed E-state index contributed by atoms with van der Waals surface area (Å²) in [7, 11) is 0. The van der Waals surface area contributed by atoms with Crippen molar-refractivity contribution in [2.75, 3.05) is 11.1 Å². The van der Waals surface area contributed by atoms with Gasteiger partial charge in [-0.15, -0.1) is 11.3 Å². The lowest BCUT2D eigenvalue weighted by atomic mass is 10.3. The average Bonchev–Trinajstić information content (AvgIpc) is 3.05. The second kappa shape index (κ2) is 5.96. The predicted molar refractivity (Wildman–Crippen MR) is 87.2 cm³/mol. The molecule has 2 heterocycles. The van der Waals surface area contributed by atoms with Gasteiger partial charge in [0.1, 0.15) is 10.4 Å².